The summed E-state index contributed by atoms with van der Waals surface area (Å²) in [5, 5.41) is 10.7. The normalized spacial score (nSPS) is 20.2. The van der Waals surface area contributed by atoms with Gasteiger partial charge in [-0.15, -0.1) is 0 Å². The van der Waals surface area contributed by atoms with Gasteiger partial charge in [-0.05, 0) is 99.9 Å². The number of carbonyl (C=O) groups excluding carboxylic acids is 3. The summed E-state index contributed by atoms with van der Waals surface area (Å²) >= 11 is 0. The number of nitrogens with zero attached hydrogens (tertiary/aromatic N) is 7. The monoisotopic (exact) mass is 730 g/mol. The van der Waals surface area contributed by atoms with Crippen molar-refractivity contribution in [3.8, 4) is 5.75 Å². The van der Waals surface area contributed by atoms with Gasteiger partial charge in [-0.3, -0.25) is 24.8 Å². The van der Waals surface area contributed by atoms with Crippen LogP contribution in [0.25, 0.3) is 16.6 Å². The number of nitrogens with two attached hydrogens (primary N) is 1. The first kappa shape index (κ1) is 35.3. The summed E-state index contributed by atoms with van der Waals surface area (Å²) < 4.78 is 9.46. The number of nitrogens with one attached hydrogen (secondary N) is 2. The zero-order valence-corrected chi connectivity index (χ0v) is 30.5. The van der Waals surface area contributed by atoms with Crippen LogP contribution in [0.4, 0.5) is 22.0 Å². The molecule has 5 heterocycles. The molecule has 2 aromatic carbocycles. The zero-order valence-electron chi connectivity index (χ0n) is 30.5. The number of hydrogen-bond donors (Lipinski definition) is 3. The highest BCUT2D eigenvalue weighted by molar-refractivity contribution is 6.08. The molecular weight excluding hydrogens is 685 g/mol. The Bertz CT molecular complexity index is 2210. The van der Waals surface area contributed by atoms with Gasteiger partial charge >= 0.3 is 6.03 Å². The zero-order chi connectivity index (χ0) is 37.2. The van der Waals surface area contributed by atoms with E-state index in [0.29, 0.717) is 59.0 Å². The quantitative estimate of drug-likeness (QED) is 0.122. The highest BCUT2D eigenvalue weighted by Gasteiger charge is 2.27. The number of likely N-dealkylation sites (tertiary alicyclic amines) is 1. The SMILES string of the molecule is COc1cc(N)c(C=NC2CCC(CCN3CCC(n4ccc5cc(N6CCC(=O)NC6=O)ccc54)CC3)CC2)cc1C(=O)Nc1cnc2cccnn12. The van der Waals surface area contributed by atoms with Crippen LogP contribution in [-0.4, -0.2) is 87.5 Å². The van der Waals surface area contributed by atoms with E-state index in [1.165, 1.54) is 19.0 Å². The van der Waals surface area contributed by atoms with E-state index in [1.807, 2.05) is 18.2 Å². The van der Waals surface area contributed by atoms with E-state index in [0.717, 1.165) is 69.2 Å². The lowest BCUT2D eigenvalue weighted by molar-refractivity contribution is -0.120. The molecular formula is C40H46N10O4. The number of methoxy groups -OCH3 is 1. The Morgan fingerprint density at radius 3 is 2.69 bits per heavy atom. The second-order valence-corrected chi connectivity index (χ2v) is 14.6. The van der Waals surface area contributed by atoms with E-state index >= 15 is 0 Å². The molecule has 14 nitrogen and oxygen atoms in total. The summed E-state index contributed by atoms with van der Waals surface area (Å²) in [6.07, 6.45) is 15.3. The van der Waals surface area contributed by atoms with Crippen LogP contribution in [0, 0.1) is 5.92 Å². The van der Waals surface area contributed by atoms with Gasteiger partial charge in [0.15, 0.2) is 11.5 Å². The van der Waals surface area contributed by atoms with E-state index < -0.39 is 0 Å². The fourth-order valence-electron chi connectivity index (χ4n) is 8.17. The highest BCUT2D eigenvalue weighted by Crippen LogP contribution is 2.33. The average molecular weight is 731 g/mol. The molecule has 14 heteroatoms. The van der Waals surface area contributed by atoms with Crippen molar-refractivity contribution in [1.82, 2.24) is 29.4 Å². The van der Waals surface area contributed by atoms with Crippen LogP contribution >= 0.6 is 0 Å². The number of carbonyl (C=O) groups is 3. The molecule has 0 radical (unpaired) electrons. The second kappa shape index (κ2) is 15.3. The molecule has 0 unspecified atom stereocenters. The number of rotatable bonds is 10. The first-order valence-electron chi connectivity index (χ1n) is 18.9. The number of fused-ring (bicyclic) bond motifs is 2. The van der Waals surface area contributed by atoms with E-state index in [9.17, 15) is 14.4 Å². The number of imide groups is 1. The van der Waals surface area contributed by atoms with Crippen molar-refractivity contribution in [2.75, 3.05) is 49.2 Å². The average Bonchev–Trinajstić information content (AvgIpc) is 3.81. The first-order valence-corrected chi connectivity index (χ1v) is 18.9. The van der Waals surface area contributed by atoms with Gasteiger partial charge in [0, 0.05) is 90.7 Å². The molecule has 3 aliphatic rings. The minimum atomic E-state index is -0.355. The van der Waals surface area contributed by atoms with E-state index in [-0.39, 0.29) is 23.9 Å². The van der Waals surface area contributed by atoms with Gasteiger partial charge in [-0.2, -0.15) is 9.61 Å². The number of aromatic nitrogens is 4. The highest BCUT2D eigenvalue weighted by atomic mass is 16.5. The second-order valence-electron chi connectivity index (χ2n) is 14.6. The van der Waals surface area contributed by atoms with Crippen molar-refractivity contribution in [3.05, 3.63) is 78.2 Å². The predicted octanol–water partition coefficient (Wildman–Crippen LogP) is 5.68. The predicted molar refractivity (Wildman–Crippen MR) is 208 cm³/mol. The number of piperidine rings is 1. The maximum atomic E-state index is 13.3. The van der Waals surface area contributed by atoms with Gasteiger partial charge in [0.1, 0.15) is 5.75 Å². The molecule has 1 saturated carbocycles. The summed E-state index contributed by atoms with van der Waals surface area (Å²) in [7, 11) is 1.52. The molecule has 0 bridgehead atoms. The van der Waals surface area contributed by atoms with Gasteiger partial charge in [0.2, 0.25) is 5.91 Å². The summed E-state index contributed by atoms with van der Waals surface area (Å²) in [6, 6.07) is 15.6. The van der Waals surface area contributed by atoms with Crippen molar-refractivity contribution >= 4 is 57.8 Å². The maximum absolute atomic E-state index is 13.3. The number of amides is 4. The lowest BCUT2D eigenvalue weighted by Crippen LogP contribution is -2.49. The van der Waals surface area contributed by atoms with Gasteiger partial charge in [-0.1, -0.05) is 0 Å². The molecule has 2 aliphatic heterocycles. The Morgan fingerprint density at radius 2 is 1.89 bits per heavy atom. The summed E-state index contributed by atoms with van der Waals surface area (Å²) in [4.78, 5) is 50.7. The Kier molecular flexibility index (Phi) is 10.00. The minimum absolute atomic E-state index is 0.222. The van der Waals surface area contributed by atoms with Gasteiger partial charge in [0.25, 0.3) is 5.91 Å². The molecule has 3 aromatic heterocycles. The standard InChI is InChI=1S/C40H46N10O4/c1-54-35-23-33(41)28(22-32(35)39(52)45-37-25-43-36-3-2-15-44-50(36)37)24-42-29-6-4-26(5-7-29)10-16-47-17-12-30(13-18-47)48-19-11-27-21-31(8-9-34(27)48)49-20-14-38(51)46-40(49)53/h2-3,8-9,11,15,19,21-26,29-30H,4-7,10,12-14,16-18,20,41H2,1H3,(H,45,52)(H,46,51,53). The van der Waals surface area contributed by atoms with Crippen LogP contribution in [0.5, 0.6) is 5.75 Å². The first-order chi connectivity index (χ1) is 26.3. The third kappa shape index (κ3) is 7.38. The Balaban J connectivity index is 0.804. The van der Waals surface area contributed by atoms with Crippen molar-refractivity contribution in [3.63, 3.8) is 0 Å². The van der Waals surface area contributed by atoms with Crippen LogP contribution in [-0.2, 0) is 4.79 Å². The summed E-state index contributed by atoms with van der Waals surface area (Å²) in [6.45, 7) is 3.70. The number of urea groups is 1. The van der Waals surface area contributed by atoms with Crippen molar-refractivity contribution in [2.45, 2.75) is 63.5 Å². The number of ether oxygens (including phenoxy) is 1. The minimum Gasteiger partial charge on any atom is -0.496 e. The molecule has 0 atom stereocenters. The molecule has 1 aliphatic carbocycles. The topological polar surface area (TPSA) is 164 Å². The molecule has 3 fully saturated rings. The fraction of sp³-hybridized carbons (Fsp3) is 0.400. The number of hydrogen-bond acceptors (Lipinski definition) is 9. The van der Waals surface area contributed by atoms with Gasteiger partial charge < -0.3 is 25.3 Å². The van der Waals surface area contributed by atoms with Crippen molar-refractivity contribution < 1.29 is 19.1 Å². The van der Waals surface area contributed by atoms with Crippen LogP contribution in [0.2, 0.25) is 0 Å². The fourth-order valence-corrected chi connectivity index (χ4v) is 8.17. The Hall–Kier alpha value is -5.76. The molecule has 4 N–H and O–H groups in total. The molecule has 8 rings (SSSR count). The number of benzene rings is 2. The molecule has 5 aromatic rings. The van der Waals surface area contributed by atoms with E-state index in [2.05, 4.69) is 48.5 Å². The van der Waals surface area contributed by atoms with E-state index in [1.54, 1.807) is 46.2 Å². The molecule has 4 amide bonds. The molecule has 280 valence electrons. The van der Waals surface area contributed by atoms with Crippen LogP contribution in [0.15, 0.2) is 72.1 Å². The molecule has 0 spiro atoms. The summed E-state index contributed by atoms with van der Waals surface area (Å²) in [5.74, 6) is 0.970. The van der Waals surface area contributed by atoms with Crippen molar-refractivity contribution in [1.29, 1.82) is 0 Å². The molecule has 54 heavy (non-hydrogen) atoms. The number of imidazole rings is 1. The van der Waals surface area contributed by atoms with Crippen LogP contribution in [0.1, 0.15) is 73.3 Å². The van der Waals surface area contributed by atoms with Crippen LogP contribution < -0.4 is 26.0 Å². The smallest absolute Gasteiger partial charge is 0.328 e. The maximum Gasteiger partial charge on any atom is 0.328 e. The lowest BCUT2D eigenvalue weighted by atomic mass is 9.84. The third-order valence-electron chi connectivity index (χ3n) is 11.3. The van der Waals surface area contributed by atoms with Gasteiger partial charge in [-0.25, -0.2) is 9.78 Å². The number of nitrogen functional groups attached to an aromatic ring is 1. The largest absolute Gasteiger partial charge is 0.496 e. The van der Waals surface area contributed by atoms with Gasteiger partial charge in [0.05, 0.1) is 18.9 Å². The number of aliphatic imine (C=N–C) groups is 1. The lowest BCUT2D eigenvalue weighted by Gasteiger charge is -2.35. The molecule has 2 saturated heterocycles. The Morgan fingerprint density at radius 1 is 1.06 bits per heavy atom. The summed E-state index contributed by atoms with van der Waals surface area (Å²) in [5.41, 5.74) is 10.5. The number of anilines is 3. The third-order valence-corrected chi connectivity index (χ3v) is 11.3. The van der Waals surface area contributed by atoms with Crippen LogP contribution in [0.3, 0.4) is 0 Å². The Labute approximate surface area is 313 Å². The van der Waals surface area contributed by atoms with E-state index in [4.69, 9.17) is 15.5 Å². The van der Waals surface area contributed by atoms with Crippen molar-refractivity contribution in [2.24, 2.45) is 10.9 Å².